The number of piperidine rings is 1. The summed E-state index contributed by atoms with van der Waals surface area (Å²) in [6.45, 7) is 7.54. The van der Waals surface area contributed by atoms with E-state index in [1.165, 1.54) is 49.0 Å². The summed E-state index contributed by atoms with van der Waals surface area (Å²) >= 11 is 0. The molecule has 2 heteroatoms. The second-order valence-electron chi connectivity index (χ2n) is 5.15. The number of rotatable bonds is 3. The van der Waals surface area contributed by atoms with E-state index in [1.807, 2.05) is 0 Å². The fourth-order valence-electron chi connectivity index (χ4n) is 3.03. The van der Waals surface area contributed by atoms with Gasteiger partial charge in [0.1, 0.15) is 0 Å². The Morgan fingerprint density at radius 1 is 1.12 bits per heavy atom. The average Bonchev–Trinajstić information content (AvgIpc) is 2.35. The zero-order valence-electron chi connectivity index (χ0n) is 11.1. The van der Waals surface area contributed by atoms with E-state index in [2.05, 4.69) is 36.9 Å². The molecule has 0 amide bonds. The lowest BCUT2D eigenvalue weighted by molar-refractivity contribution is 0.166. The van der Waals surface area contributed by atoms with Crippen LogP contribution in [0.3, 0.4) is 0 Å². The molecule has 1 aliphatic heterocycles. The molecular weight excluding hydrogens is 208 g/mol. The molecule has 1 aliphatic rings. The molecule has 1 heterocycles. The van der Waals surface area contributed by atoms with Crippen molar-refractivity contribution < 1.29 is 0 Å². The molecule has 1 saturated heterocycles. The highest BCUT2D eigenvalue weighted by Crippen LogP contribution is 2.28. The molecule has 0 saturated carbocycles. The second-order valence-corrected chi connectivity index (χ2v) is 5.15. The predicted molar refractivity (Wildman–Crippen MR) is 73.1 cm³/mol. The van der Waals surface area contributed by atoms with Crippen LogP contribution in [-0.2, 0) is 0 Å². The molecule has 0 aliphatic carbocycles. The summed E-state index contributed by atoms with van der Waals surface area (Å²) in [6, 6.07) is 6.96. The fourth-order valence-corrected chi connectivity index (χ4v) is 3.03. The van der Waals surface area contributed by atoms with Crippen LogP contribution in [0.5, 0.6) is 0 Å². The maximum absolute atomic E-state index is 6.03. The molecule has 1 atom stereocenters. The van der Waals surface area contributed by atoms with Gasteiger partial charge in [-0.1, -0.05) is 24.6 Å². The molecular formula is C15H24N2. The zero-order valence-corrected chi connectivity index (χ0v) is 11.1. The minimum absolute atomic E-state index is 0.413. The predicted octanol–water partition coefficient (Wildman–Crippen LogP) is 2.79. The third kappa shape index (κ3) is 2.70. The molecule has 1 aromatic carbocycles. The van der Waals surface area contributed by atoms with E-state index in [9.17, 15) is 0 Å². The standard InChI is InChI=1S/C15H24N2/c1-12-7-6-8-13(2)15(12)14(11-16)17-9-4-3-5-10-17/h6-8,14H,3-5,9-11,16H2,1-2H3. The number of benzene rings is 1. The maximum atomic E-state index is 6.03. The lowest BCUT2D eigenvalue weighted by atomic mass is 9.93. The van der Waals surface area contributed by atoms with Gasteiger partial charge in [0.05, 0.1) is 0 Å². The van der Waals surface area contributed by atoms with Gasteiger partial charge in [0, 0.05) is 12.6 Å². The van der Waals surface area contributed by atoms with Crippen molar-refractivity contribution in [3.63, 3.8) is 0 Å². The first-order valence-corrected chi connectivity index (χ1v) is 6.74. The molecule has 17 heavy (non-hydrogen) atoms. The molecule has 0 radical (unpaired) electrons. The smallest absolute Gasteiger partial charge is 0.0475 e. The van der Waals surface area contributed by atoms with Crippen LogP contribution in [-0.4, -0.2) is 24.5 Å². The SMILES string of the molecule is Cc1cccc(C)c1C(CN)N1CCCCC1. The Kier molecular flexibility index (Phi) is 4.19. The van der Waals surface area contributed by atoms with Gasteiger partial charge < -0.3 is 5.73 Å². The van der Waals surface area contributed by atoms with E-state index in [1.54, 1.807) is 0 Å². The minimum atomic E-state index is 0.413. The van der Waals surface area contributed by atoms with Crippen LogP contribution in [0.1, 0.15) is 42.0 Å². The molecule has 0 bridgehead atoms. The Morgan fingerprint density at radius 2 is 1.71 bits per heavy atom. The van der Waals surface area contributed by atoms with Crippen molar-refractivity contribution in [3.8, 4) is 0 Å². The van der Waals surface area contributed by atoms with Crippen LogP contribution in [0.2, 0.25) is 0 Å². The highest BCUT2D eigenvalue weighted by molar-refractivity contribution is 5.36. The Bertz CT molecular complexity index is 347. The summed E-state index contributed by atoms with van der Waals surface area (Å²) in [5.41, 5.74) is 10.2. The van der Waals surface area contributed by atoms with Gasteiger partial charge in [0.25, 0.3) is 0 Å². The summed E-state index contributed by atoms with van der Waals surface area (Å²) < 4.78 is 0. The van der Waals surface area contributed by atoms with E-state index in [-0.39, 0.29) is 0 Å². The van der Waals surface area contributed by atoms with Gasteiger partial charge >= 0.3 is 0 Å². The highest BCUT2D eigenvalue weighted by atomic mass is 15.2. The minimum Gasteiger partial charge on any atom is -0.329 e. The summed E-state index contributed by atoms with van der Waals surface area (Å²) in [6.07, 6.45) is 4.02. The Hall–Kier alpha value is -0.860. The summed E-state index contributed by atoms with van der Waals surface area (Å²) in [4.78, 5) is 2.57. The Labute approximate surface area is 105 Å². The zero-order chi connectivity index (χ0) is 12.3. The molecule has 2 N–H and O–H groups in total. The van der Waals surface area contributed by atoms with Crippen molar-refractivity contribution in [3.05, 3.63) is 34.9 Å². The van der Waals surface area contributed by atoms with Gasteiger partial charge in [-0.3, -0.25) is 4.90 Å². The third-order valence-corrected chi connectivity index (χ3v) is 3.93. The van der Waals surface area contributed by atoms with E-state index >= 15 is 0 Å². The Morgan fingerprint density at radius 3 is 2.24 bits per heavy atom. The number of likely N-dealkylation sites (tertiary alicyclic amines) is 1. The van der Waals surface area contributed by atoms with Crippen LogP contribution in [0.4, 0.5) is 0 Å². The van der Waals surface area contributed by atoms with Gasteiger partial charge in [-0.15, -0.1) is 0 Å². The van der Waals surface area contributed by atoms with Crippen LogP contribution in [0.15, 0.2) is 18.2 Å². The second kappa shape index (κ2) is 5.65. The van der Waals surface area contributed by atoms with E-state index in [4.69, 9.17) is 5.73 Å². The molecule has 2 rings (SSSR count). The van der Waals surface area contributed by atoms with Crippen molar-refractivity contribution >= 4 is 0 Å². The number of nitrogens with two attached hydrogens (primary N) is 1. The van der Waals surface area contributed by atoms with Gasteiger partial charge in [-0.25, -0.2) is 0 Å². The van der Waals surface area contributed by atoms with Crippen LogP contribution >= 0.6 is 0 Å². The molecule has 1 fully saturated rings. The third-order valence-electron chi connectivity index (χ3n) is 3.93. The number of hydrogen-bond donors (Lipinski definition) is 1. The van der Waals surface area contributed by atoms with Gasteiger partial charge in [0.15, 0.2) is 0 Å². The van der Waals surface area contributed by atoms with Crippen LogP contribution in [0.25, 0.3) is 0 Å². The lowest BCUT2D eigenvalue weighted by Crippen LogP contribution is -2.38. The summed E-state index contributed by atoms with van der Waals surface area (Å²) in [5, 5.41) is 0. The molecule has 0 spiro atoms. The topological polar surface area (TPSA) is 29.3 Å². The molecule has 1 aromatic rings. The maximum Gasteiger partial charge on any atom is 0.0475 e. The average molecular weight is 232 g/mol. The van der Waals surface area contributed by atoms with Crippen LogP contribution < -0.4 is 5.73 Å². The molecule has 0 aromatic heterocycles. The van der Waals surface area contributed by atoms with Crippen molar-refractivity contribution in [1.29, 1.82) is 0 Å². The van der Waals surface area contributed by atoms with Crippen LogP contribution in [0, 0.1) is 13.8 Å². The van der Waals surface area contributed by atoms with Gasteiger partial charge in [0.2, 0.25) is 0 Å². The largest absolute Gasteiger partial charge is 0.329 e. The molecule has 94 valence electrons. The number of hydrogen-bond acceptors (Lipinski definition) is 2. The van der Waals surface area contributed by atoms with E-state index in [0.29, 0.717) is 6.04 Å². The van der Waals surface area contributed by atoms with E-state index in [0.717, 1.165) is 6.54 Å². The van der Waals surface area contributed by atoms with Gasteiger partial charge in [-0.2, -0.15) is 0 Å². The van der Waals surface area contributed by atoms with Crippen molar-refractivity contribution in [2.45, 2.75) is 39.2 Å². The molecule has 1 unspecified atom stereocenters. The first kappa shape index (κ1) is 12.6. The highest BCUT2D eigenvalue weighted by Gasteiger charge is 2.23. The summed E-state index contributed by atoms with van der Waals surface area (Å²) in [5.74, 6) is 0. The van der Waals surface area contributed by atoms with E-state index < -0.39 is 0 Å². The molecule has 2 nitrogen and oxygen atoms in total. The quantitative estimate of drug-likeness (QED) is 0.868. The lowest BCUT2D eigenvalue weighted by Gasteiger charge is -2.35. The monoisotopic (exact) mass is 232 g/mol. The summed E-state index contributed by atoms with van der Waals surface area (Å²) in [7, 11) is 0. The van der Waals surface area contributed by atoms with Gasteiger partial charge in [-0.05, 0) is 56.5 Å². The van der Waals surface area contributed by atoms with Crippen molar-refractivity contribution in [2.75, 3.05) is 19.6 Å². The number of nitrogens with zero attached hydrogens (tertiary/aromatic N) is 1. The first-order valence-electron chi connectivity index (χ1n) is 6.74. The Balaban J connectivity index is 2.27. The fraction of sp³-hybridized carbons (Fsp3) is 0.600. The van der Waals surface area contributed by atoms with Crippen molar-refractivity contribution in [2.24, 2.45) is 5.73 Å². The first-order chi connectivity index (χ1) is 8.24. The van der Waals surface area contributed by atoms with Crippen molar-refractivity contribution in [1.82, 2.24) is 4.90 Å². The number of aryl methyl sites for hydroxylation is 2. The normalized spacial score (nSPS) is 19.2.